The van der Waals surface area contributed by atoms with Crippen molar-refractivity contribution < 1.29 is 9.53 Å². The lowest BCUT2D eigenvalue weighted by Gasteiger charge is -1.95. The molecule has 19 heavy (non-hydrogen) atoms. The van der Waals surface area contributed by atoms with Gasteiger partial charge in [-0.25, -0.2) is 10.8 Å². The van der Waals surface area contributed by atoms with Crippen LogP contribution < -0.4 is 11.3 Å². The van der Waals surface area contributed by atoms with Crippen LogP contribution in [0.4, 0.5) is 5.82 Å². The number of nitrogens with two attached hydrogens (primary N) is 1. The number of pyridine rings is 1. The van der Waals surface area contributed by atoms with Crippen LogP contribution in [-0.4, -0.2) is 18.4 Å². The first-order valence-electron chi connectivity index (χ1n) is 5.71. The van der Waals surface area contributed by atoms with E-state index < -0.39 is 0 Å². The number of hydrogen-bond acceptors (Lipinski definition) is 5. The van der Waals surface area contributed by atoms with Crippen LogP contribution >= 0.6 is 0 Å². The average molecular weight is 259 g/mol. The Morgan fingerprint density at radius 2 is 2.00 bits per heavy atom. The Morgan fingerprint density at radius 1 is 1.26 bits per heavy atom. The summed E-state index contributed by atoms with van der Waals surface area (Å²) in [5.41, 5.74) is 4.11. The van der Waals surface area contributed by atoms with Gasteiger partial charge in [0.2, 0.25) is 0 Å². The van der Waals surface area contributed by atoms with Crippen molar-refractivity contribution in [2.24, 2.45) is 5.84 Å². The average Bonchev–Trinajstić information content (AvgIpc) is 2.49. The van der Waals surface area contributed by atoms with Crippen LogP contribution in [0.3, 0.4) is 0 Å². The molecule has 0 bridgehead atoms. The zero-order valence-electron chi connectivity index (χ0n) is 10.7. The van der Waals surface area contributed by atoms with E-state index in [0.29, 0.717) is 18.0 Å². The molecule has 1 heterocycles. The predicted molar refractivity (Wildman–Crippen MR) is 74.6 cm³/mol. The van der Waals surface area contributed by atoms with Crippen LogP contribution in [0.15, 0.2) is 48.7 Å². The third-order valence-electron chi connectivity index (χ3n) is 2.22. The Kier molecular flexibility index (Phi) is 6.86. The molecule has 5 heteroatoms. The Balaban J connectivity index is 0.000000191. The van der Waals surface area contributed by atoms with Crippen LogP contribution in [0.2, 0.25) is 0 Å². The number of carbonyl (C=O) groups excluding carboxylic acids is 1. The van der Waals surface area contributed by atoms with Gasteiger partial charge >= 0.3 is 0 Å². The molecule has 3 N–H and O–H groups in total. The second-order valence-electron chi connectivity index (χ2n) is 3.66. The molecule has 0 aliphatic heterocycles. The Morgan fingerprint density at radius 3 is 2.47 bits per heavy atom. The molecule has 0 saturated heterocycles. The van der Waals surface area contributed by atoms with Crippen molar-refractivity contribution in [2.45, 2.75) is 6.61 Å². The number of ether oxygens (including phenoxy) is 1. The largest absolute Gasteiger partial charge is 0.380 e. The van der Waals surface area contributed by atoms with E-state index >= 15 is 0 Å². The molecule has 0 aliphatic rings. The summed E-state index contributed by atoms with van der Waals surface area (Å²) < 4.78 is 4.93. The SMILES string of the molecule is COCc1ccccc1.NNc1ccc(C=O)cn1. The molecule has 0 fully saturated rings. The van der Waals surface area contributed by atoms with Gasteiger partial charge in [-0.3, -0.25) is 4.79 Å². The number of carbonyl (C=O) groups is 1. The molecule has 0 aliphatic carbocycles. The summed E-state index contributed by atoms with van der Waals surface area (Å²) in [6, 6.07) is 13.4. The standard InChI is InChI=1S/C8H10O.C6H7N3O/c1-9-7-8-5-3-2-4-6-8;7-9-6-2-1-5(4-10)3-8-6/h2-6H,7H2,1H3;1-4H,7H2,(H,8,9). The maximum Gasteiger partial charge on any atom is 0.151 e. The monoisotopic (exact) mass is 259 g/mol. The summed E-state index contributed by atoms with van der Waals surface area (Å²) in [6.07, 6.45) is 2.18. The molecule has 1 aromatic carbocycles. The molecule has 0 unspecified atom stereocenters. The molecular formula is C14H17N3O2. The van der Waals surface area contributed by atoms with Gasteiger partial charge in [0.05, 0.1) is 6.61 Å². The minimum atomic E-state index is 0.541. The highest BCUT2D eigenvalue weighted by atomic mass is 16.5. The number of nitrogen functional groups attached to an aromatic ring is 1. The van der Waals surface area contributed by atoms with Crippen molar-refractivity contribution in [1.82, 2.24) is 4.98 Å². The van der Waals surface area contributed by atoms with E-state index in [1.54, 1.807) is 19.2 Å². The molecule has 2 aromatic rings. The fourth-order valence-corrected chi connectivity index (χ4v) is 1.30. The van der Waals surface area contributed by atoms with Gasteiger partial charge in [0.1, 0.15) is 5.82 Å². The summed E-state index contributed by atoms with van der Waals surface area (Å²) in [5.74, 6) is 5.59. The van der Waals surface area contributed by atoms with Gasteiger partial charge in [-0.1, -0.05) is 30.3 Å². The van der Waals surface area contributed by atoms with Gasteiger partial charge < -0.3 is 10.2 Å². The van der Waals surface area contributed by atoms with E-state index in [9.17, 15) is 4.79 Å². The van der Waals surface area contributed by atoms with Crippen molar-refractivity contribution in [1.29, 1.82) is 0 Å². The van der Waals surface area contributed by atoms with Crippen LogP contribution in [0.25, 0.3) is 0 Å². The van der Waals surface area contributed by atoms with E-state index in [4.69, 9.17) is 10.6 Å². The number of hydrazine groups is 1. The highest BCUT2D eigenvalue weighted by Gasteiger charge is 1.89. The quantitative estimate of drug-likeness (QED) is 0.499. The first kappa shape index (κ1) is 14.8. The number of benzene rings is 1. The van der Waals surface area contributed by atoms with Crippen LogP contribution in [0.1, 0.15) is 15.9 Å². The van der Waals surface area contributed by atoms with Crippen LogP contribution in [0, 0.1) is 0 Å². The fraction of sp³-hybridized carbons (Fsp3) is 0.143. The maximum atomic E-state index is 10.1. The van der Waals surface area contributed by atoms with Gasteiger partial charge in [0, 0.05) is 18.9 Å². The lowest BCUT2D eigenvalue weighted by molar-refractivity contribution is 0.112. The number of nitrogens with one attached hydrogen (secondary N) is 1. The van der Waals surface area contributed by atoms with Crippen molar-refractivity contribution in [3.63, 3.8) is 0 Å². The van der Waals surface area contributed by atoms with Crippen LogP contribution in [0.5, 0.6) is 0 Å². The van der Waals surface area contributed by atoms with Gasteiger partial charge in [0.25, 0.3) is 0 Å². The number of nitrogens with zero attached hydrogens (tertiary/aromatic N) is 1. The van der Waals surface area contributed by atoms with E-state index in [1.807, 2.05) is 30.3 Å². The van der Waals surface area contributed by atoms with E-state index in [1.165, 1.54) is 11.8 Å². The number of rotatable bonds is 4. The van der Waals surface area contributed by atoms with Crippen molar-refractivity contribution in [3.05, 3.63) is 59.8 Å². The van der Waals surface area contributed by atoms with Crippen molar-refractivity contribution in [3.8, 4) is 0 Å². The number of aldehydes is 1. The maximum absolute atomic E-state index is 10.1. The third kappa shape index (κ3) is 5.76. The smallest absolute Gasteiger partial charge is 0.151 e. The second-order valence-corrected chi connectivity index (χ2v) is 3.66. The topological polar surface area (TPSA) is 77.2 Å². The third-order valence-corrected chi connectivity index (χ3v) is 2.22. The lowest BCUT2D eigenvalue weighted by atomic mass is 10.2. The second kappa shape index (κ2) is 8.79. The fourth-order valence-electron chi connectivity index (χ4n) is 1.30. The predicted octanol–water partition coefficient (Wildman–Crippen LogP) is 2.01. The number of aromatic nitrogens is 1. The molecule has 0 atom stereocenters. The summed E-state index contributed by atoms with van der Waals surface area (Å²) in [4.78, 5) is 13.9. The molecule has 2 rings (SSSR count). The molecular weight excluding hydrogens is 242 g/mol. The number of hydrogen-bond donors (Lipinski definition) is 2. The summed E-state index contributed by atoms with van der Waals surface area (Å²) in [5, 5.41) is 0. The number of methoxy groups -OCH3 is 1. The number of anilines is 1. The summed E-state index contributed by atoms with van der Waals surface area (Å²) in [6.45, 7) is 0.709. The highest BCUT2D eigenvalue weighted by molar-refractivity contribution is 5.74. The van der Waals surface area contributed by atoms with Gasteiger partial charge in [-0.15, -0.1) is 0 Å². The van der Waals surface area contributed by atoms with E-state index in [0.717, 1.165) is 6.29 Å². The molecule has 1 aromatic heterocycles. The molecule has 0 spiro atoms. The molecule has 0 amide bonds. The van der Waals surface area contributed by atoms with Gasteiger partial charge in [-0.05, 0) is 17.7 Å². The van der Waals surface area contributed by atoms with Crippen LogP contribution in [-0.2, 0) is 11.3 Å². The van der Waals surface area contributed by atoms with Crippen molar-refractivity contribution >= 4 is 12.1 Å². The van der Waals surface area contributed by atoms with Gasteiger partial charge in [0.15, 0.2) is 6.29 Å². The van der Waals surface area contributed by atoms with Gasteiger partial charge in [-0.2, -0.15) is 0 Å². The molecule has 0 radical (unpaired) electrons. The lowest BCUT2D eigenvalue weighted by Crippen LogP contribution is -2.08. The Labute approximate surface area is 112 Å². The highest BCUT2D eigenvalue weighted by Crippen LogP contribution is 2.00. The van der Waals surface area contributed by atoms with Crippen molar-refractivity contribution in [2.75, 3.05) is 12.5 Å². The molecule has 0 saturated carbocycles. The first-order valence-corrected chi connectivity index (χ1v) is 5.71. The summed E-state index contributed by atoms with van der Waals surface area (Å²) >= 11 is 0. The summed E-state index contributed by atoms with van der Waals surface area (Å²) in [7, 11) is 1.70. The normalized spacial score (nSPS) is 9.16. The Hall–Kier alpha value is -2.24. The zero-order valence-corrected chi connectivity index (χ0v) is 10.7. The molecule has 5 nitrogen and oxygen atoms in total. The minimum Gasteiger partial charge on any atom is -0.380 e. The van der Waals surface area contributed by atoms with E-state index in [-0.39, 0.29) is 0 Å². The Bertz CT molecular complexity index is 472. The first-order chi connectivity index (χ1) is 9.30. The van der Waals surface area contributed by atoms with E-state index in [2.05, 4.69) is 10.4 Å². The molecule has 100 valence electrons. The minimum absolute atomic E-state index is 0.541. The zero-order chi connectivity index (χ0) is 13.9.